The Balaban J connectivity index is 2.60. The third-order valence-corrected chi connectivity index (χ3v) is 2.91. The Labute approximate surface area is 91.2 Å². The molecule has 0 amide bonds. The minimum absolute atomic E-state index is 0.490. The van der Waals surface area contributed by atoms with Crippen LogP contribution in [0.15, 0.2) is 40.8 Å². The molecule has 1 aromatic heterocycles. The summed E-state index contributed by atoms with van der Waals surface area (Å²) in [7, 11) is 0. The van der Waals surface area contributed by atoms with Crippen molar-refractivity contribution in [3.63, 3.8) is 0 Å². The monoisotopic (exact) mass is 217 g/mol. The lowest BCUT2D eigenvalue weighted by Gasteiger charge is -1.96. The van der Waals surface area contributed by atoms with E-state index in [0.717, 1.165) is 16.4 Å². The molecule has 74 valence electrons. The standard InChI is InChI=1S/C12H8ClNO/c13-11-9(14)6-5-8-7-3-1-2-4-10(7)15-12(8)11/h1-6H,14H2. The van der Waals surface area contributed by atoms with Gasteiger partial charge in [0.25, 0.3) is 0 Å². The highest BCUT2D eigenvalue weighted by atomic mass is 35.5. The number of halogens is 1. The molecule has 0 aliphatic rings. The maximum atomic E-state index is 6.08. The van der Waals surface area contributed by atoms with Crippen LogP contribution in [0.25, 0.3) is 21.9 Å². The Bertz CT molecular complexity index is 657. The molecule has 0 unspecified atom stereocenters. The molecule has 0 saturated carbocycles. The van der Waals surface area contributed by atoms with Gasteiger partial charge < -0.3 is 10.2 Å². The number of para-hydroxylation sites is 1. The van der Waals surface area contributed by atoms with E-state index in [1.54, 1.807) is 6.07 Å². The van der Waals surface area contributed by atoms with Gasteiger partial charge in [0, 0.05) is 10.8 Å². The maximum absolute atomic E-state index is 6.08. The Morgan fingerprint density at radius 2 is 1.80 bits per heavy atom. The molecular weight excluding hydrogens is 210 g/mol. The van der Waals surface area contributed by atoms with Crippen molar-refractivity contribution in [2.75, 3.05) is 5.73 Å². The summed E-state index contributed by atoms with van der Waals surface area (Å²) in [5.41, 5.74) is 7.76. The number of furan rings is 1. The third kappa shape index (κ3) is 1.12. The average molecular weight is 218 g/mol. The molecule has 1 heterocycles. The van der Waals surface area contributed by atoms with Crippen molar-refractivity contribution in [2.45, 2.75) is 0 Å². The first-order chi connectivity index (χ1) is 7.27. The van der Waals surface area contributed by atoms with Crippen molar-refractivity contribution in [3.8, 4) is 0 Å². The van der Waals surface area contributed by atoms with Crippen molar-refractivity contribution >= 4 is 39.2 Å². The van der Waals surface area contributed by atoms with Crippen LogP contribution >= 0.6 is 11.6 Å². The highest BCUT2D eigenvalue weighted by Gasteiger charge is 2.10. The molecule has 0 fully saturated rings. The van der Waals surface area contributed by atoms with Crippen LogP contribution in [0.2, 0.25) is 5.02 Å². The summed E-state index contributed by atoms with van der Waals surface area (Å²) in [4.78, 5) is 0. The van der Waals surface area contributed by atoms with Crippen LogP contribution in [0.3, 0.4) is 0 Å². The molecular formula is C12H8ClNO. The van der Waals surface area contributed by atoms with E-state index in [1.807, 2.05) is 30.3 Å². The van der Waals surface area contributed by atoms with Crippen LogP contribution in [-0.2, 0) is 0 Å². The van der Waals surface area contributed by atoms with E-state index in [9.17, 15) is 0 Å². The van der Waals surface area contributed by atoms with Crippen LogP contribution in [0.5, 0.6) is 0 Å². The van der Waals surface area contributed by atoms with E-state index in [4.69, 9.17) is 21.8 Å². The largest absolute Gasteiger partial charge is 0.454 e. The highest BCUT2D eigenvalue weighted by molar-refractivity contribution is 6.38. The van der Waals surface area contributed by atoms with Gasteiger partial charge in [-0.05, 0) is 18.2 Å². The van der Waals surface area contributed by atoms with E-state index in [1.165, 1.54) is 0 Å². The van der Waals surface area contributed by atoms with Crippen LogP contribution < -0.4 is 5.73 Å². The van der Waals surface area contributed by atoms with Crippen LogP contribution in [0.4, 0.5) is 5.69 Å². The van der Waals surface area contributed by atoms with Gasteiger partial charge in [-0.25, -0.2) is 0 Å². The predicted octanol–water partition coefficient (Wildman–Crippen LogP) is 3.82. The molecule has 3 aromatic rings. The molecule has 2 aromatic carbocycles. The zero-order chi connectivity index (χ0) is 10.4. The van der Waals surface area contributed by atoms with Gasteiger partial charge >= 0.3 is 0 Å². The second-order valence-corrected chi connectivity index (χ2v) is 3.82. The van der Waals surface area contributed by atoms with E-state index in [0.29, 0.717) is 16.3 Å². The summed E-state index contributed by atoms with van der Waals surface area (Å²) in [5.74, 6) is 0. The summed E-state index contributed by atoms with van der Waals surface area (Å²) in [5, 5.41) is 2.56. The molecule has 2 N–H and O–H groups in total. The molecule has 3 rings (SSSR count). The van der Waals surface area contributed by atoms with Crippen molar-refractivity contribution < 1.29 is 4.42 Å². The lowest BCUT2D eigenvalue weighted by Crippen LogP contribution is -1.84. The van der Waals surface area contributed by atoms with Gasteiger partial charge in [0.2, 0.25) is 0 Å². The highest BCUT2D eigenvalue weighted by Crippen LogP contribution is 2.35. The van der Waals surface area contributed by atoms with Gasteiger partial charge in [-0.2, -0.15) is 0 Å². The molecule has 15 heavy (non-hydrogen) atoms. The molecule has 0 aliphatic heterocycles. The summed E-state index contributed by atoms with van der Waals surface area (Å²) in [6.45, 7) is 0. The van der Waals surface area contributed by atoms with Gasteiger partial charge in [-0.1, -0.05) is 29.8 Å². The Morgan fingerprint density at radius 1 is 1.00 bits per heavy atom. The minimum atomic E-state index is 0.490. The first-order valence-electron chi connectivity index (χ1n) is 4.62. The molecule has 0 bridgehead atoms. The SMILES string of the molecule is Nc1ccc2c(oc3ccccc32)c1Cl. The summed E-state index contributed by atoms with van der Waals surface area (Å²) in [6.07, 6.45) is 0. The van der Waals surface area contributed by atoms with Gasteiger partial charge in [-0.3, -0.25) is 0 Å². The third-order valence-electron chi connectivity index (χ3n) is 2.52. The Kier molecular flexibility index (Phi) is 1.67. The van der Waals surface area contributed by atoms with E-state index in [-0.39, 0.29) is 0 Å². The second-order valence-electron chi connectivity index (χ2n) is 3.44. The molecule has 0 saturated heterocycles. The normalized spacial score (nSPS) is 11.3. The minimum Gasteiger partial charge on any atom is -0.454 e. The lowest BCUT2D eigenvalue weighted by atomic mass is 10.1. The molecule has 0 spiro atoms. The summed E-state index contributed by atoms with van der Waals surface area (Å²) in [6, 6.07) is 11.6. The van der Waals surface area contributed by atoms with Crippen molar-refractivity contribution in [3.05, 3.63) is 41.4 Å². The first kappa shape index (κ1) is 8.62. The number of fused-ring (bicyclic) bond motifs is 3. The molecule has 3 heteroatoms. The van der Waals surface area contributed by atoms with E-state index in [2.05, 4.69) is 0 Å². The quantitative estimate of drug-likeness (QED) is 0.582. The number of nitrogens with two attached hydrogens (primary N) is 1. The van der Waals surface area contributed by atoms with Crippen molar-refractivity contribution in [1.82, 2.24) is 0 Å². The number of benzene rings is 2. The molecule has 0 atom stereocenters. The van der Waals surface area contributed by atoms with E-state index >= 15 is 0 Å². The fourth-order valence-electron chi connectivity index (χ4n) is 1.77. The molecule has 0 radical (unpaired) electrons. The van der Waals surface area contributed by atoms with Gasteiger partial charge in [-0.15, -0.1) is 0 Å². The zero-order valence-corrected chi connectivity index (χ0v) is 8.58. The van der Waals surface area contributed by atoms with Gasteiger partial charge in [0.05, 0.1) is 5.69 Å². The van der Waals surface area contributed by atoms with Crippen LogP contribution in [0, 0.1) is 0 Å². The van der Waals surface area contributed by atoms with Gasteiger partial charge in [0.1, 0.15) is 10.6 Å². The average Bonchev–Trinajstić information content (AvgIpc) is 2.63. The number of nitrogen functional groups attached to an aromatic ring is 1. The number of anilines is 1. The number of hydrogen-bond donors (Lipinski definition) is 1. The fraction of sp³-hybridized carbons (Fsp3) is 0. The van der Waals surface area contributed by atoms with E-state index < -0.39 is 0 Å². The van der Waals surface area contributed by atoms with Crippen LogP contribution in [-0.4, -0.2) is 0 Å². The topological polar surface area (TPSA) is 39.2 Å². The lowest BCUT2D eigenvalue weighted by molar-refractivity contribution is 0.669. The molecule has 0 aliphatic carbocycles. The Morgan fingerprint density at radius 3 is 2.67 bits per heavy atom. The number of hydrogen-bond acceptors (Lipinski definition) is 2. The van der Waals surface area contributed by atoms with Crippen molar-refractivity contribution in [2.24, 2.45) is 0 Å². The zero-order valence-electron chi connectivity index (χ0n) is 7.83. The van der Waals surface area contributed by atoms with Gasteiger partial charge in [0.15, 0.2) is 5.58 Å². The maximum Gasteiger partial charge on any atom is 0.156 e. The fourth-order valence-corrected chi connectivity index (χ4v) is 1.97. The first-order valence-corrected chi connectivity index (χ1v) is 5.00. The summed E-state index contributed by atoms with van der Waals surface area (Å²) < 4.78 is 5.65. The Hall–Kier alpha value is -1.67. The second kappa shape index (κ2) is 2.91. The smallest absolute Gasteiger partial charge is 0.156 e. The molecule has 2 nitrogen and oxygen atoms in total. The predicted molar refractivity (Wildman–Crippen MR) is 63.1 cm³/mol. The summed E-state index contributed by atoms with van der Waals surface area (Å²) >= 11 is 6.08. The van der Waals surface area contributed by atoms with Crippen molar-refractivity contribution in [1.29, 1.82) is 0 Å². The van der Waals surface area contributed by atoms with Crippen LogP contribution in [0.1, 0.15) is 0 Å². The number of rotatable bonds is 0.